The normalized spacial score (nSPS) is 11.7. The van der Waals surface area contributed by atoms with Crippen LogP contribution in [0.15, 0.2) is 35.2 Å². The van der Waals surface area contributed by atoms with Crippen LogP contribution in [-0.4, -0.2) is 31.7 Å². The van der Waals surface area contributed by atoms with Crippen molar-refractivity contribution in [2.24, 2.45) is 0 Å². The number of benzene rings is 1. The zero-order chi connectivity index (χ0) is 19.3. The Morgan fingerprint density at radius 2 is 1.85 bits per heavy atom. The Balaban J connectivity index is 2.13. The molecule has 1 amide bonds. The summed E-state index contributed by atoms with van der Waals surface area (Å²) in [4.78, 5) is 13.3. The third-order valence-corrected chi connectivity index (χ3v) is 7.45. The van der Waals surface area contributed by atoms with E-state index in [0.29, 0.717) is 23.8 Å². The van der Waals surface area contributed by atoms with Crippen molar-refractivity contribution < 1.29 is 13.2 Å². The first-order valence-electron chi connectivity index (χ1n) is 8.11. The third-order valence-electron chi connectivity index (χ3n) is 3.78. The number of carbonyl (C=O) groups is 1. The van der Waals surface area contributed by atoms with Crippen LogP contribution in [-0.2, 0) is 21.2 Å². The maximum absolute atomic E-state index is 12.6. The van der Waals surface area contributed by atoms with Crippen molar-refractivity contribution in [2.45, 2.75) is 31.6 Å². The van der Waals surface area contributed by atoms with Crippen LogP contribution < -0.4 is 5.32 Å². The van der Waals surface area contributed by atoms with Crippen LogP contribution in [0.5, 0.6) is 0 Å². The van der Waals surface area contributed by atoms with Gasteiger partial charge >= 0.3 is 0 Å². The Labute approximate surface area is 168 Å². The molecule has 9 heteroatoms. The van der Waals surface area contributed by atoms with E-state index in [1.807, 2.05) is 6.07 Å². The molecule has 1 aromatic carbocycles. The number of nitrogens with zero attached hydrogens (tertiary/aromatic N) is 1. The largest absolute Gasteiger partial charge is 0.325 e. The summed E-state index contributed by atoms with van der Waals surface area (Å²) in [5.41, 5.74) is 0.286. The van der Waals surface area contributed by atoms with Crippen molar-refractivity contribution in [3.8, 4) is 0 Å². The maximum atomic E-state index is 12.6. The number of anilines is 1. The van der Waals surface area contributed by atoms with Crippen molar-refractivity contribution in [3.63, 3.8) is 0 Å². The smallest absolute Gasteiger partial charge is 0.243 e. The van der Waals surface area contributed by atoms with Gasteiger partial charge in [0.15, 0.2) is 0 Å². The molecule has 0 aliphatic heterocycles. The SMILES string of the molecule is CCN(CC)S(=O)(=O)c1ccc(Cl)c(NC(=O)CCc2ccc(Cl)s2)c1. The van der Waals surface area contributed by atoms with Crippen molar-refractivity contribution in [3.05, 3.63) is 44.6 Å². The summed E-state index contributed by atoms with van der Waals surface area (Å²) >= 11 is 13.4. The molecule has 26 heavy (non-hydrogen) atoms. The number of thiophene rings is 1. The quantitative estimate of drug-likeness (QED) is 0.656. The average Bonchev–Trinajstić information content (AvgIpc) is 3.01. The first-order chi connectivity index (χ1) is 12.3. The van der Waals surface area contributed by atoms with Crippen LogP contribution in [0, 0.1) is 0 Å². The van der Waals surface area contributed by atoms with Gasteiger partial charge in [-0.1, -0.05) is 37.0 Å². The number of carbonyl (C=O) groups excluding carboxylic acids is 1. The molecule has 1 N–H and O–H groups in total. The molecule has 0 atom stereocenters. The molecule has 0 aliphatic carbocycles. The predicted molar refractivity (Wildman–Crippen MR) is 108 cm³/mol. The monoisotopic (exact) mass is 434 g/mol. The van der Waals surface area contributed by atoms with Gasteiger partial charge in [0, 0.05) is 24.4 Å². The summed E-state index contributed by atoms with van der Waals surface area (Å²) in [6.07, 6.45) is 0.804. The Morgan fingerprint density at radius 3 is 2.42 bits per heavy atom. The van der Waals surface area contributed by atoms with Crippen molar-refractivity contribution in [2.75, 3.05) is 18.4 Å². The zero-order valence-corrected chi connectivity index (χ0v) is 17.6. The second-order valence-corrected chi connectivity index (χ2v) is 9.63. The molecule has 5 nitrogen and oxygen atoms in total. The minimum absolute atomic E-state index is 0.103. The average molecular weight is 435 g/mol. The van der Waals surface area contributed by atoms with Crippen LogP contribution in [0.1, 0.15) is 25.1 Å². The second-order valence-electron chi connectivity index (χ2n) is 5.48. The highest BCUT2D eigenvalue weighted by molar-refractivity contribution is 7.89. The second kappa shape index (κ2) is 9.19. The van der Waals surface area contributed by atoms with Gasteiger partial charge in [-0.3, -0.25) is 4.79 Å². The fraction of sp³-hybridized carbons (Fsp3) is 0.353. The van der Waals surface area contributed by atoms with Crippen LogP contribution in [0.2, 0.25) is 9.36 Å². The van der Waals surface area contributed by atoms with Gasteiger partial charge in [0.1, 0.15) is 0 Å². The zero-order valence-electron chi connectivity index (χ0n) is 14.5. The lowest BCUT2D eigenvalue weighted by molar-refractivity contribution is -0.116. The number of aryl methyl sites for hydroxylation is 1. The highest BCUT2D eigenvalue weighted by atomic mass is 35.5. The Bertz CT molecular complexity index is 878. The van der Waals surface area contributed by atoms with E-state index in [4.69, 9.17) is 23.2 Å². The number of amides is 1. The summed E-state index contributed by atoms with van der Waals surface area (Å²) < 4.78 is 27.3. The number of hydrogen-bond donors (Lipinski definition) is 1. The molecule has 0 saturated heterocycles. The molecule has 2 rings (SSSR count). The Kier molecular flexibility index (Phi) is 7.49. The number of hydrogen-bond acceptors (Lipinski definition) is 4. The molecule has 142 valence electrons. The molecular weight excluding hydrogens is 415 g/mol. The molecule has 1 heterocycles. The van der Waals surface area contributed by atoms with E-state index in [-0.39, 0.29) is 27.9 Å². The highest BCUT2D eigenvalue weighted by Gasteiger charge is 2.22. The van der Waals surface area contributed by atoms with Crippen LogP contribution in [0.25, 0.3) is 0 Å². The van der Waals surface area contributed by atoms with Gasteiger partial charge in [-0.2, -0.15) is 4.31 Å². The topological polar surface area (TPSA) is 66.5 Å². The Morgan fingerprint density at radius 1 is 1.15 bits per heavy atom. The molecule has 1 aromatic heterocycles. The van der Waals surface area contributed by atoms with E-state index >= 15 is 0 Å². The Hall–Kier alpha value is -1.12. The van der Waals surface area contributed by atoms with Crippen LogP contribution in [0.3, 0.4) is 0 Å². The third kappa shape index (κ3) is 5.20. The van der Waals surface area contributed by atoms with Gasteiger partial charge in [0.05, 0.1) is 19.9 Å². The number of nitrogens with one attached hydrogen (secondary N) is 1. The summed E-state index contributed by atoms with van der Waals surface area (Å²) in [5, 5.41) is 2.98. The lowest BCUT2D eigenvalue weighted by Crippen LogP contribution is -2.30. The van der Waals surface area contributed by atoms with Crippen molar-refractivity contribution >= 4 is 56.2 Å². The lowest BCUT2D eigenvalue weighted by Gasteiger charge is -2.19. The highest BCUT2D eigenvalue weighted by Crippen LogP contribution is 2.27. The molecule has 0 fully saturated rings. The van der Waals surface area contributed by atoms with E-state index < -0.39 is 10.0 Å². The predicted octanol–water partition coefficient (Wildman–Crippen LogP) is 4.66. The van der Waals surface area contributed by atoms with Gasteiger partial charge in [-0.15, -0.1) is 11.3 Å². The molecule has 0 spiro atoms. The van der Waals surface area contributed by atoms with E-state index in [1.54, 1.807) is 19.9 Å². The minimum atomic E-state index is -3.62. The van der Waals surface area contributed by atoms with Crippen LogP contribution in [0.4, 0.5) is 5.69 Å². The van der Waals surface area contributed by atoms with E-state index in [2.05, 4.69) is 5.32 Å². The number of sulfonamides is 1. The molecule has 0 aliphatic rings. The van der Waals surface area contributed by atoms with E-state index in [9.17, 15) is 13.2 Å². The van der Waals surface area contributed by atoms with Gasteiger partial charge in [-0.05, 0) is 36.8 Å². The van der Waals surface area contributed by atoms with Gasteiger partial charge in [0.2, 0.25) is 15.9 Å². The fourth-order valence-electron chi connectivity index (χ4n) is 2.41. The molecule has 2 aromatic rings. The van der Waals surface area contributed by atoms with E-state index in [0.717, 1.165) is 4.88 Å². The molecule has 0 radical (unpaired) electrons. The molecular formula is C17H20Cl2N2O3S2. The van der Waals surface area contributed by atoms with Crippen LogP contribution >= 0.6 is 34.5 Å². The summed E-state index contributed by atoms with van der Waals surface area (Å²) in [5.74, 6) is -0.242. The maximum Gasteiger partial charge on any atom is 0.243 e. The number of halogens is 2. The summed E-state index contributed by atoms with van der Waals surface area (Å²) in [6.45, 7) is 4.28. The van der Waals surface area contributed by atoms with Gasteiger partial charge in [0.25, 0.3) is 0 Å². The van der Waals surface area contributed by atoms with E-state index in [1.165, 1.54) is 33.8 Å². The standard InChI is InChI=1S/C17H20Cl2N2O3S2/c1-3-21(4-2)26(23,24)13-7-8-14(18)15(11-13)20-17(22)10-6-12-5-9-16(19)25-12/h5,7-9,11H,3-4,6,10H2,1-2H3,(H,20,22). The summed E-state index contributed by atoms with van der Waals surface area (Å²) in [6, 6.07) is 7.99. The molecule has 0 unspecified atom stereocenters. The van der Waals surface area contributed by atoms with Crippen molar-refractivity contribution in [1.29, 1.82) is 0 Å². The molecule has 0 bridgehead atoms. The summed E-state index contributed by atoms with van der Waals surface area (Å²) in [7, 11) is -3.62. The number of rotatable bonds is 8. The van der Waals surface area contributed by atoms with Gasteiger partial charge < -0.3 is 5.32 Å². The minimum Gasteiger partial charge on any atom is -0.325 e. The van der Waals surface area contributed by atoms with Crippen molar-refractivity contribution in [1.82, 2.24) is 4.31 Å². The fourth-order valence-corrected chi connectivity index (χ4v) is 5.15. The van der Waals surface area contributed by atoms with Gasteiger partial charge in [-0.25, -0.2) is 8.42 Å². The molecule has 0 saturated carbocycles. The lowest BCUT2D eigenvalue weighted by atomic mass is 10.2. The first-order valence-corrected chi connectivity index (χ1v) is 11.1. The first kappa shape index (κ1) is 21.2.